The molecule has 2 aromatic carbocycles. The Labute approximate surface area is 211 Å². The molecule has 0 spiro atoms. The molecular formula is C31H42N2O2. The van der Waals surface area contributed by atoms with Crippen molar-refractivity contribution < 1.29 is 9.94 Å². The van der Waals surface area contributed by atoms with Crippen LogP contribution in [0.5, 0.6) is 5.75 Å². The van der Waals surface area contributed by atoms with Gasteiger partial charge in [0.05, 0.1) is 18.0 Å². The van der Waals surface area contributed by atoms with E-state index in [1.54, 1.807) is 0 Å². The summed E-state index contributed by atoms with van der Waals surface area (Å²) in [6.45, 7) is 9.83. The number of hydroxylamine groups is 1. The van der Waals surface area contributed by atoms with Gasteiger partial charge in [0.25, 0.3) is 0 Å². The molecule has 1 unspecified atom stereocenters. The van der Waals surface area contributed by atoms with Crippen LogP contribution in [0.15, 0.2) is 66.3 Å². The number of nitrogens with zero attached hydrogens (tertiary/aromatic N) is 2. The standard InChI is InChI=1S/C31H42N2O2/c1-4-26-12-7-5-6-10-25(3)20-33(34)29-16-17-31-30(19-29)32(21-26)22-28(23-35-31)15-9-14-27-13-8-11-24(2)18-27/h5-6,8,11-13,16-19,25,28,34H,4,7,9-10,14-15,20-23H2,1-3H3/b6-5+,26-12+/t25-,28?/m0/s1. The number of hydrogen-bond donors (Lipinski definition) is 1. The SMILES string of the molecule is CC/C1=C\C/C=C/C[C@H](C)CN(O)c2ccc3c(c2)N(C1)CC(CCCc1cccc(C)c1)CO3. The number of ether oxygens (including phenoxy) is 1. The highest BCUT2D eigenvalue weighted by atomic mass is 16.5. The van der Waals surface area contributed by atoms with E-state index in [0.29, 0.717) is 18.4 Å². The maximum absolute atomic E-state index is 10.8. The van der Waals surface area contributed by atoms with Gasteiger partial charge in [0, 0.05) is 25.6 Å². The molecule has 0 amide bonds. The number of fused-ring (bicyclic) bond motifs is 1. The van der Waals surface area contributed by atoms with Crippen molar-refractivity contribution in [3.8, 4) is 5.75 Å². The van der Waals surface area contributed by atoms with Crippen molar-refractivity contribution in [3.63, 3.8) is 0 Å². The van der Waals surface area contributed by atoms with Crippen LogP contribution >= 0.6 is 0 Å². The van der Waals surface area contributed by atoms with E-state index < -0.39 is 0 Å². The zero-order valence-corrected chi connectivity index (χ0v) is 21.7. The molecule has 35 heavy (non-hydrogen) atoms. The lowest BCUT2D eigenvalue weighted by molar-refractivity contribution is 0.236. The zero-order chi connectivity index (χ0) is 24.6. The minimum Gasteiger partial charge on any atom is -0.491 e. The van der Waals surface area contributed by atoms with Gasteiger partial charge in [-0.3, -0.25) is 10.3 Å². The Kier molecular flexibility index (Phi) is 8.92. The first-order chi connectivity index (χ1) is 17.0. The number of rotatable bonds is 5. The van der Waals surface area contributed by atoms with Crippen molar-refractivity contribution in [2.75, 3.05) is 36.2 Å². The summed E-state index contributed by atoms with van der Waals surface area (Å²) in [6.07, 6.45) is 13.3. The van der Waals surface area contributed by atoms with Gasteiger partial charge in [-0.25, -0.2) is 0 Å². The molecular weight excluding hydrogens is 432 g/mol. The van der Waals surface area contributed by atoms with Gasteiger partial charge in [-0.15, -0.1) is 0 Å². The normalized spacial score (nSPS) is 23.5. The molecule has 0 aromatic heterocycles. The summed E-state index contributed by atoms with van der Waals surface area (Å²) in [4.78, 5) is 2.49. The Morgan fingerprint density at radius 2 is 1.97 bits per heavy atom. The third-order valence-electron chi connectivity index (χ3n) is 7.28. The molecule has 2 aromatic rings. The quantitative estimate of drug-likeness (QED) is 0.460. The van der Waals surface area contributed by atoms with Gasteiger partial charge in [0.15, 0.2) is 0 Å². The van der Waals surface area contributed by atoms with E-state index in [0.717, 1.165) is 75.3 Å². The third-order valence-corrected chi connectivity index (χ3v) is 7.28. The molecule has 2 bridgehead atoms. The number of benzene rings is 2. The average Bonchev–Trinajstić information content (AvgIpc) is 3.01. The summed E-state index contributed by atoms with van der Waals surface area (Å²) in [5, 5.41) is 12.2. The van der Waals surface area contributed by atoms with Crippen LogP contribution in [0.3, 0.4) is 0 Å². The van der Waals surface area contributed by atoms with Gasteiger partial charge in [-0.1, -0.05) is 67.5 Å². The second-order valence-corrected chi connectivity index (χ2v) is 10.4. The second kappa shape index (κ2) is 12.3. The van der Waals surface area contributed by atoms with Crippen LogP contribution in [0.1, 0.15) is 57.1 Å². The highest BCUT2D eigenvalue weighted by molar-refractivity contribution is 5.67. The lowest BCUT2D eigenvalue weighted by Gasteiger charge is -2.29. The lowest BCUT2D eigenvalue weighted by Crippen LogP contribution is -2.32. The smallest absolute Gasteiger partial charge is 0.142 e. The van der Waals surface area contributed by atoms with Crippen LogP contribution in [-0.2, 0) is 6.42 Å². The fraction of sp³-hybridized carbons (Fsp3) is 0.484. The van der Waals surface area contributed by atoms with Crippen LogP contribution in [0.2, 0.25) is 0 Å². The Balaban J connectivity index is 1.55. The van der Waals surface area contributed by atoms with E-state index in [4.69, 9.17) is 4.74 Å². The summed E-state index contributed by atoms with van der Waals surface area (Å²) in [5.41, 5.74) is 6.15. The second-order valence-electron chi connectivity index (χ2n) is 10.4. The molecule has 4 rings (SSSR count). The predicted molar refractivity (Wildman–Crippen MR) is 147 cm³/mol. The maximum Gasteiger partial charge on any atom is 0.142 e. The van der Waals surface area contributed by atoms with Crippen molar-refractivity contribution in [2.45, 2.75) is 59.3 Å². The lowest BCUT2D eigenvalue weighted by atomic mass is 9.98. The predicted octanol–water partition coefficient (Wildman–Crippen LogP) is 7.35. The molecule has 4 heteroatoms. The molecule has 0 fully saturated rings. The minimum absolute atomic E-state index is 0.373. The van der Waals surface area contributed by atoms with Gasteiger partial charge in [0.2, 0.25) is 0 Å². The van der Waals surface area contributed by atoms with E-state index >= 15 is 0 Å². The first-order valence-corrected chi connectivity index (χ1v) is 13.4. The molecule has 2 aliphatic rings. The van der Waals surface area contributed by atoms with Gasteiger partial charge < -0.3 is 9.64 Å². The number of hydrogen-bond acceptors (Lipinski definition) is 4. The van der Waals surface area contributed by atoms with Crippen LogP contribution in [0.25, 0.3) is 0 Å². The molecule has 4 nitrogen and oxygen atoms in total. The van der Waals surface area contributed by atoms with Gasteiger partial charge in [-0.05, 0) is 75.1 Å². The van der Waals surface area contributed by atoms with E-state index in [-0.39, 0.29) is 0 Å². The Hall–Kier alpha value is -2.72. The highest BCUT2D eigenvalue weighted by Gasteiger charge is 2.25. The molecule has 188 valence electrons. The molecule has 0 radical (unpaired) electrons. The average molecular weight is 475 g/mol. The first kappa shape index (κ1) is 25.4. The first-order valence-electron chi connectivity index (χ1n) is 13.4. The van der Waals surface area contributed by atoms with Gasteiger partial charge >= 0.3 is 0 Å². The summed E-state index contributed by atoms with van der Waals surface area (Å²) in [6, 6.07) is 15.0. The molecule has 2 heterocycles. The van der Waals surface area contributed by atoms with Crippen LogP contribution < -0.4 is 14.7 Å². The van der Waals surface area contributed by atoms with Crippen LogP contribution in [0.4, 0.5) is 11.4 Å². The number of allylic oxidation sites excluding steroid dienone is 3. The molecule has 1 N–H and O–H groups in total. The van der Waals surface area contributed by atoms with Gasteiger partial charge in [0.1, 0.15) is 5.75 Å². The van der Waals surface area contributed by atoms with E-state index in [1.807, 2.05) is 12.1 Å². The van der Waals surface area contributed by atoms with Crippen molar-refractivity contribution in [2.24, 2.45) is 11.8 Å². The zero-order valence-electron chi connectivity index (χ0n) is 21.7. The van der Waals surface area contributed by atoms with E-state index in [2.05, 4.69) is 74.2 Å². The Bertz CT molecular complexity index is 1030. The molecule has 2 aliphatic heterocycles. The Morgan fingerprint density at radius 1 is 1.09 bits per heavy atom. The van der Waals surface area contributed by atoms with Crippen molar-refractivity contribution >= 4 is 11.4 Å². The molecule has 2 atom stereocenters. The fourth-order valence-corrected chi connectivity index (χ4v) is 5.19. The van der Waals surface area contributed by atoms with Crippen molar-refractivity contribution in [1.29, 1.82) is 0 Å². The summed E-state index contributed by atoms with van der Waals surface area (Å²) in [5.74, 6) is 1.77. The number of anilines is 2. The Morgan fingerprint density at radius 3 is 2.80 bits per heavy atom. The fourth-order valence-electron chi connectivity index (χ4n) is 5.19. The molecule has 0 saturated heterocycles. The summed E-state index contributed by atoms with van der Waals surface area (Å²) >= 11 is 0. The highest BCUT2D eigenvalue weighted by Crippen LogP contribution is 2.37. The van der Waals surface area contributed by atoms with E-state index in [9.17, 15) is 5.21 Å². The monoisotopic (exact) mass is 474 g/mol. The third kappa shape index (κ3) is 7.14. The van der Waals surface area contributed by atoms with Crippen molar-refractivity contribution in [3.05, 3.63) is 77.4 Å². The topological polar surface area (TPSA) is 35.9 Å². The van der Waals surface area contributed by atoms with Gasteiger partial charge in [-0.2, -0.15) is 0 Å². The van der Waals surface area contributed by atoms with Crippen LogP contribution in [0, 0.1) is 18.8 Å². The summed E-state index contributed by atoms with van der Waals surface area (Å²) in [7, 11) is 0. The van der Waals surface area contributed by atoms with Crippen molar-refractivity contribution in [1.82, 2.24) is 0 Å². The maximum atomic E-state index is 10.8. The number of aryl methyl sites for hydroxylation is 2. The van der Waals surface area contributed by atoms with E-state index in [1.165, 1.54) is 21.8 Å². The molecule has 0 aliphatic carbocycles. The largest absolute Gasteiger partial charge is 0.491 e. The molecule has 0 saturated carbocycles. The summed E-state index contributed by atoms with van der Waals surface area (Å²) < 4.78 is 6.36. The minimum atomic E-state index is 0.373. The van der Waals surface area contributed by atoms with Crippen LogP contribution in [-0.4, -0.2) is 31.4 Å².